The van der Waals surface area contributed by atoms with E-state index < -0.39 is 34.7 Å². The molecule has 10 heteroatoms. The third kappa shape index (κ3) is 8.48. The molecule has 1 heterocycles. The fourth-order valence-corrected chi connectivity index (χ4v) is 6.35. The van der Waals surface area contributed by atoms with E-state index in [2.05, 4.69) is 16.0 Å². The molecule has 44 heavy (non-hydrogen) atoms. The minimum atomic E-state index is -1.60. The zero-order valence-corrected chi connectivity index (χ0v) is 26.1. The van der Waals surface area contributed by atoms with Crippen LogP contribution in [0.3, 0.4) is 0 Å². The van der Waals surface area contributed by atoms with Gasteiger partial charge in [0.05, 0.1) is 11.9 Å². The van der Waals surface area contributed by atoms with Gasteiger partial charge in [-0.2, -0.15) is 0 Å². The van der Waals surface area contributed by atoms with E-state index in [0.29, 0.717) is 12.1 Å². The maximum absolute atomic E-state index is 13.8. The number of carbonyl (C=O) groups is 4. The van der Waals surface area contributed by atoms with Crippen LogP contribution in [0.2, 0.25) is 0 Å². The van der Waals surface area contributed by atoms with Gasteiger partial charge in [-0.3, -0.25) is 19.2 Å². The number of nitrogens with zero attached hydrogens (tertiary/aromatic N) is 1. The number of rotatable bonds is 12. The topological polar surface area (TPSA) is 128 Å². The SMILES string of the molecule is Cc1ccccc1CNC(=O)C1N(C(=O)C(O)C(Cc2ccccc2)NC(=O)CCNC(=O)c2ccccc2)CSC1(C)C. The van der Waals surface area contributed by atoms with Gasteiger partial charge in [0.1, 0.15) is 6.04 Å². The number of carbonyl (C=O) groups excluding carboxylic acids is 4. The fourth-order valence-electron chi connectivity index (χ4n) is 5.21. The lowest BCUT2D eigenvalue weighted by Gasteiger charge is -2.33. The Morgan fingerprint density at radius 2 is 1.57 bits per heavy atom. The maximum atomic E-state index is 13.8. The largest absolute Gasteiger partial charge is 0.381 e. The molecule has 9 nitrogen and oxygen atoms in total. The number of nitrogens with one attached hydrogen (secondary N) is 3. The van der Waals surface area contributed by atoms with Crippen LogP contribution in [0.4, 0.5) is 0 Å². The average Bonchev–Trinajstić information content (AvgIpc) is 3.35. The van der Waals surface area contributed by atoms with Crippen LogP contribution in [-0.4, -0.2) is 69.0 Å². The number of aryl methyl sites for hydroxylation is 1. The summed E-state index contributed by atoms with van der Waals surface area (Å²) in [5.41, 5.74) is 3.34. The van der Waals surface area contributed by atoms with Gasteiger partial charge in [0.2, 0.25) is 11.8 Å². The molecule has 3 unspecified atom stereocenters. The number of aliphatic hydroxyl groups is 1. The molecular formula is C34H40N4O5S. The number of hydrogen-bond acceptors (Lipinski definition) is 6. The number of thioether (sulfide) groups is 1. The number of aliphatic hydroxyl groups excluding tert-OH is 1. The minimum absolute atomic E-state index is 0.0404. The van der Waals surface area contributed by atoms with Gasteiger partial charge in [-0.1, -0.05) is 72.8 Å². The molecule has 0 spiro atoms. The Bertz CT molecular complexity index is 1450. The first-order valence-corrected chi connectivity index (χ1v) is 15.7. The highest BCUT2D eigenvalue weighted by atomic mass is 32.2. The number of amides is 4. The van der Waals surface area contributed by atoms with Gasteiger partial charge in [0, 0.05) is 29.8 Å². The van der Waals surface area contributed by atoms with Crippen molar-refractivity contribution < 1.29 is 24.3 Å². The van der Waals surface area contributed by atoms with Crippen LogP contribution in [0.15, 0.2) is 84.9 Å². The molecule has 0 aliphatic carbocycles. The second-order valence-electron chi connectivity index (χ2n) is 11.4. The van der Waals surface area contributed by atoms with Crippen molar-refractivity contribution in [3.05, 3.63) is 107 Å². The predicted molar refractivity (Wildman–Crippen MR) is 172 cm³/mol. The normalized spacial score (nSPS) is 16.9. The van der Waals surface area contributed by atoms with Gasteiger partial charge < -0.3 is 26.0 Å². The Hall–Kier alpha value is -4.15. The molecule has 0 saturated carbocycles. The van der Waals surface area contributed by atoms with E-state index in [4.69, 9.17) is 0 Å². The first-order chi connectivity index (χ1) is 21.1. The van der Waals surface area contributed by atoms with Crippen molar-refractivity contribution in [2.24, 2.45) is 0 Å². The van der Waals surface area contributed by atoms with Crippen molar-refractivity contribution in [3.8, 4) is 0 Å². The van der Waals surface area contributed by atoms with E-state index in [1.807, 2.05) is 81.4 Å². The Kier molecular flexibility index (Phi) is 11.2. The summed E-state index contributed by atoms with van der Waals surface area (Å²) in [5, 5.41) is 19.9. The van der Waals surface area contributed by atoms with E-state index in [0.717, 1.165) is 16.7 Å². The van der Waals surface area contributed by atoms with E-state index in [9.17, 15) is 24.3 Å². The first kappa shape index (κ1) is 32.8. The van der Waals surface area contributed by atoms with Gasteiger partial charge in [0.25, 0.3) is 11.8 Å². The van der Waals surface area contributed by atoms with E-state index in [1.165, 1.54) is 16.7 Å². The summed E-state index contributed by atoms with van der Waals surface area (Å²) in [6.07, 6.45) is -1.44. The van der Waals surface area contributed by atoms with Crippen molar-refractivity contribution in [2.45, 2.75) is 63.1 Å². The summed E-state index contributed by atoms with van der Waals surface area (Å²) in [7, 11) is 0. The van der Waals surface area contributed by atoms with Gasteiger partial charge in [0.15, 0.2) is 6.10 Å². The summed E-state index contributed by atoms with van der Waals surface area (Å²) in [5.74, 6) is -1.42. The molecule has 1 aliphatic rings. The molecule has 1 saturated heterocycles. The Balaban J connectivity index is 1.44. The third-order valence-corrected chi connectivity index (χ3v) is 9.12. The third-order valence-electron chi connectivity index (χ3n) is 7.74. The molecule has 0 bridgehead atoms. The molecule has 3 aromatic rings. The lowest BCUT2D eigenvalue weighted by atomic mass is 9.97. The summed E-state index contributed by atoms with van der Waals surface area (Å²) >= 11 is 1.46. The highest BCUT2D eigenvalue weighted by Crippen LogP contribution is 2.40. The first-order valence-electron chi connectivity index (χ1n) is 14.7. The standard InChI is InChI=1S/C34H40N4O5S/c1-23-12-10-11-17-26(23)21-36-32(42)30-34(2,3)44-22-38(30)33(43)29(40)27(20-24-13-6-4-7-14-24)37-28(39)18-19-35-31(41)25-15-8-5-9-16-25/h4-17,27,29-30,40H,18-22H2,1-3H3,(H,35,41)(H,36,42)(H,37,39). The van der Waals surface area contributed by atoms with Gasteiger partial charge in [-0.25, -0.2) is 0 Å². The van der Waals surface area contributed by atoms with Gasteiger partial charge >= 0.3 is 0 Å². The molecule has 232 valence electrons. The highest BCUT2D eigenvalue weighted by molar-refractivity contribution is 8.00. The summed E-state index contributed by atoms with van der Waals surface area (Å²) < 4.78 is -0.597. The van der Waals surface area contributed by atoms with E-state index in [1.54, 1.807) is 24.3 Å². The van der Waals surface area contributed by atoms with Crippen molar-refractivity contribution in [1.82, 2.24) is 20.9 Å². The molecule has 4 amide bonds. The zero-order chi connectivity index (χ0) is 31.7. The average molecular weight is 617 g/mol. The summed E-state index contributed by atoms with van der Waals surface area (Å²) in [4.78, 5) is 54.0. The van der Waals surface area contributed by atoms with Crippen LogP contribution < -0.4 is 16.0 Å². The molecule has 1 aliphatic heterocycles. The summed E-state index contributed by atoms with van der Waals surface area (Å²) in [6, 6.07) is 23.9. The van der Waals surface area contributed by atoms with Crippen LogP contribution >= 0.6 is 11.8 Å². The van der Waals surface area contributed by atoms with Crippen LogP contribution in [0, 0.1) is 6.92 Å². The predicted octanol–water partition coefficient (Wildman–Crippen LogP) is 3.20. The van der Waals surface area contributed by atoms with Crippen molar-refractivity contribution in [1.29, 1.82) is 0 Å². The molecule has 4 N–H and O–H groups in total. The van der Waals surface area contributed by atoms with Crippen LogP contribution in [0.25, 0.3) is 0 Å². The summed E-state index contributed by atoms with van der Waals surface area (Å²) in [6.45, 7) is 6.19. The molecule has 4 rings (SSSR count). The zero-order valence-electron chi connectivity index (χ0n) is 25.3. The lowest BCUT2D eigenvalue weighted by Crippen LogP contribution is -2.58. The minimum Gasteiger partial charge on any atom is -0.381 e. The monoisotopic (exact) mass is 616 g/mol. The van der Waals surface area contributed by atoms with Crippen LogP contribution in [-0.2, 0) is 27.3 Å². The van der Waals surface area contributed by atoms with Crippen molar-refractivity contribution >= 4 is 35.4 Å². The smallest absolute Gasteiger partial charge is 0.254 e. The van der Waals surface area contributed by atoms with Crippen molar-refractivity contribution in [2.75, 3.05) is 12.4 Å². The van der Waals surface area contributed by atoms with Gasteiger partial charge in [-0.05, 0) is 56.0 Å². The number of hydrogen-bond donors (Lipinski definition) is 4. The molecule has 0 aromatic heterocycles. The maximum Gasteiger partial charge on any atom is 0.254 e. The molecular weight excluding hydrogens is 576 g/mol. The Morgan fingerprint density at radius 1 is 0.932 bits per heavy atom. The van der Waals surface area contributed by atoms with Gasteiger partial charge in [-0.15, -0.1) is 11.8 Å². The lowest BCUT2D eigenvalue weighted by molar-refractivity contribution is -0.147. The van der Waals surface area contributed by atoms with E-state index >= 15 is 0 Å². The number of benzene rings is 3. The fraction of sp³-hybridized carbons (Fsp3) is 0.353. The molecule has 0 radical (unpaired) electrons. The van der Waals surface area contributed by atoms with Crippen LogP contribution in [0.1, 0.15) is 47.3 Å². The molecule has 1 fully saturated rings. The molecule has 3 aromatic carbocycles. The molecule has 3 atom stereocenters. The second-order valence-corrected chi connectivity index (χ2v) is 13.0. The van der Waals surface area contributed by atoms with Crippen LogP contribution in [0.5, 0.6) is 0 Å². The highest BCUT2D eigenvalue weighted by Gasteiger charge is 2.49. The second kappa shape index (κ2) is 15.0. The van der Waals surface area contributed by atoms with Crippen molar-refractivity contribution in [3.63, 3.8) is 0 Å². The Labute approximate surface area is 262 Å². The Morgan fingerprint density at radius 3 is 2.25 bits per heavy atom. The quantitative estimate of drug-likeness (QED) is 0.248. The van der Waals surface area contributed by atoms with E-state index in [-0.39, 0.29) is 37.1 Å².